The highest BCUT2D eigenvalue weighted by molar-refractivity contribution is 5.78. The summed E-state index contributed by atoms with van der Waals surface area (Å²) in [5.74, 6) is 2.02. The van der Waals surface area contributed by atoms with E-state index in [1.165, 1.54) is 18.4 Å². The zero-order valence-corrected chi connectivity index (χ0v) is 19.6. The minimum absolute atomic E-state index is 0.105. The Morgan fingerprint density at radius 2 is 1.73 bits per heavy atom. The van der Waals surface area contributed by atoms with Crippen molar-refractivity contribution in [3.63, 3.8) is 0 Å². The number of likely N-dealkylation sites (tertiary alicyclic amines) is 2. The summed E-state index contributed by atoms with van der Waals surface area (Å²) >= 11 is 0. The molecule has 3 aliphatic rings. The average molecular weight is 449 g/mol. The Balaban J connectivity index is 1.16. The number of aromatic nitrogens is 2. The summed E-state index contributed by atoms with van der Waals surface area (Å²) in [6.07, 6.45) is 8.40. The van der Waals surface area contributed by atoms with Crippen LogP contribution < -0.4 is 5.56 Å². The molecule has 5 rings (SSSR count). The van der Waals surface area contributed by atoms with Crippen molar-refractivity contribution in [2.45, 2.75) is 69.7 Å². The van der Waals surface area contributed by atoms with Gasteiger partial charge in [-0.3, -0.25) is 19.1 Å². The molecule has 4 heterocycles. The van der Waals surface area contributed by atoms with E-state index in [4.69, 9.17) is 4.98 Å². The van der Waals surface area contributed by atoms with E-state index in [0.29, 0.717) is 12.5 Å². The zero-order chi connectivity index (χ0) is 22.6. The summed E-state index contributed by atoms with van der Waals surface area (Å²) in [5, 5.41) is 0. The number of piperidine rings is 2. The monoisotopic (exact) mass is 448 g/mol. The van der Waals surface area contributed by atoms with E-state index in [9.17, 15) is 9.59 Å². The minimum atomic E-state index is 0.105. The van der Waals surface area contributed by atoms with Gasteiger partial charge in [0, 0.05) is 44.6 Å². The second-order valence-electron chi connectivity index (χ2n) is 10.0. The highest BCUT2D eigenvalue weighted by Gasteiger charge is 2.28. The molecule has 6 nitrogen and oxygen atoms in total. The van der Waals surface area contributed by atoms with Crippen molar-refractivity contribution < 1.29 is 4.79 Å². The number of carbonyl (C=O) groups excluding carboxylic acids is 1. The number of carbonyl (C=O) groups is 1. The quantitative estimate of drug-likeness (QED) is 0.718. The van der Waals surface area contributed by atoms with Gasteiger partial charge in [-0.05, 0) is 56.6 Å². The number of rotatable bonds is 4. The third-order valence-electron chi connectivity index (χ3n) is 7.79. The van der Waals surface area contributed by atoms with Crippen molar-refractivity contribution in [2.24, 2.45) is 0 Å². The Bertz CT molecular complexity index is 1010. The molecule has 1 unspecified atom stereocenters. The van der Waals surface area contributed by atoms with Crippen LogP contribution in [0.3, 0.4) is 0 Å². The highest BCUT2D eigenvalue weighted by atomic mass is 16.2. The second kappa shape index (κ2) is 10.2. The van der Waals surface area contributed by atoms with Gasteiger partial charge in [0.15, 0.2) is 0 Å². The van der Waals surface area contributed by atoms with Gasteiger partial charge in [0.1, 0.15) is 5.82 Å². The number of amides is 1. The lowest BCUT2D eigenvalue weighted by atomic mass is 9.90. The van der Waals surface area contributed by atoms with Crippen LogP contribution in [0.2, 0.25) is 0 Å². The summed E-state index contributed by atoms with van der Waals surface area (Å²) in [7, 11) is 0. The van der Waals surface area contributed by atoms with Crippen molar-refractivity contribution in [3.05, 3.63) is 63.8 Å². The Kier molecular flexibility index (Phi) is 6.91. The van der Waals surface area contributed by atoms with E-state index >= 15 is 0 Å². The van der Waals surface area contributed by atoms with E-state index in [-0.39, 0.29) is 17.4 Å². The van der Waals surface area contributed by atoms with E-state index in [1.807, 2.05) is 9.47 Å². The predicted molar refractivity (Wildman–Crippen MR) is 129 cm³/mol. The van der Waals surface area contributed by atoms with Gasteiger partial charge in [-0.1, -0.05) is 36.8 Å². The van der Waals surface area contributed by atoms with Gasteiger partial charge < -0.3 is 4.90 Å². The fourth-order valence-corrected chi connectivity index (χ4v) is 5.85. The lowest BCUT2D eigenvalue weighted by molar-refractivity contribution is -0.133. The molecular weight excluding hydrogens is 412 g/mol. The maximum Gasteiger partial charge on any atom is 0.253 e. The normalized spacial score (nSPS) is 22.5. The lowest BCUT2D eigenvalue weighted by Gasteiger charge is -2.36. The minimum Gasteiger partial charge on any atom is -0.342 e. The summed E-state index contributed by atoms with van der Waals surface area (Å²) in [4.78, 5) is 35.0. The van der Waals surface area contributed by atoms with Gasteiger partial charge in [0.05, 0.1) is 12.2 Å². The van der Waals surface area contributed by atoms with Crippen LogP contribution in [0.25, 0.3) is 0 Å². The number of nitrogens with zero attached hydrogens (tertiary/aromatic N) is 4. The Labute approximate surface area is 196 Å². The molecule has 2 saturated heterocycles. The van der Waals surface area contributed by atoms with Gasteiger partial charge in [0.2, 0.25) is 5.91 Å². The first-order valence-corrected chi connectivity index (χ1v) is 12.8. The average Bonchev–Trinajstić information content (AvgIpc) is 3.11. The van der Waals surface area contributed by atoms with E-state index in [0.717, 1.165) is 82.8 Å². The Morgan fingerprint density at radius 1 is 0.909 bits per heavy atom. The number of benzene rings is 1. The number of aryl methyl sites for hydroxylation is 1. The van der Waals surface area contributed by atoms with Gasteiger partial charge in [-0.15, -0.1) is 0 Å². The van der Waals surface area contributed by atoms with Gasteiger partial charge in [0.25, 0.3) is 5.56 Å². The SMILES string of the molecule is O=C(CN1CCCC(c2ccccc2)C1)N1CCC(c2cc(=O)n3c(n2)CCCCC3)CC1. The molecule has 0 N–H and O–H groups in total. The fraction of sp³-hybridized carbons (Fsp3) is 0.593. The number of hydrogen-bond acceptors (Lipinski definition) is 4. The molecule has 2 aromatic rings. The molecular formula is C27H36N4O2. The van der Waals surface area contributed by atoms with Crippen LogP contribution >= 0.6 is 0 Å². The molecule has 0 radical (unpaired) electrons. The van der Waals surface area contributed by atoms with Crippen molar-refractivity contribution in [1.82, 2.24) is 19.4 Å². The molecule has 2 fully saturated rings. The number of fused-ring (bicyclic) bond motifs is 1. The van der Waals surface area contributed by atoms with Crippen LogP contribution in [0.5, 0.6) is 0 Å². The molecule has 1 aromatic carbocycles. The third kappa shape index (κ3) is 5.21. The van der Waals surface area contributed by atoms with Gasteiger partial charge >= 0.3 is 0 Å². The van der Waals surface area contributed by atoms with Gasteiger partial charge in [-0.2, -0.15) is 0 Å². The topological polar surface area (TPSA) is 58.4 Å². The van der Waals surface area contributed by atoms with Crippen molar-refractivity contribution in [2.75, 3.05) is 32.7 Å². The van der Waals surface area contributed by atoms with E-state index in [1.54, 1.807) is 6.07 Å². The maximum absolute atomic E-state index is 13.1. The fourth-order valence-electron chi connectivity index (χ4n) is 5.85. The molecule has 6 heteroatoms. The summed E-state index contributed by atoms with van der Waals surface area (Å²) in [5.41, 5.74) is 2.44. The molecule has 176 valence electrons. The maximum atomic E-state index is 13.1. The smallest absolute Gasteiger partial charge is 0.253 e. The Morgan fingerprint density at radius 3 is 2.55 bits per heavy atom. The van der Waals surface area contributed by atoms with Crippen molar-refractivity contribution in [3.8, 4) is 0 Å². The van der Waals surface area contributed by atoms with E-state index in [2.05, 4.69) is 35.2 Å². The van der Waals surface area contributed by atoms with Crippen LogP contribution in [0.1, 0.15) is 73.9 Å². The molecule has 1 atom stereocenters. The molecule has 3 aliphatic heterocycles. The molecule has 1 aromatic heterocycles. The predicted octanol–water partition coefficient (Wildman–Crippen LogP) is 3.56. The zero-order valence-electron chi connectivity index (χ0n) is 19.6. The first-order valence-electron chi connectivity index (χ1n) is 12.8. The first kappa shape index (κ1) is 22.3. The highest BCUT2D eigenvalue weighted by Crippen LogP contribution is 2.29. The number of hydrogen-bond donors (Lipinski definition) is 0. The molecule has 0 bridgehead atoms. The first-order chi connectivity index (χ1) is 16.2. The van der Waals surface area contributed by atoms with Crippen LogP contribution in [0.15, 0.2) is 41.2 Å². The third-order valence-corrected chi connectivity index (χ3v) is 7.79. The summed E-state index contributed by atoms with van der Waals surface area (Å²) < 4.78 is 1.87. The van der Waals surface area contributed by atoms with E-state index < -0.39 is 0 Å². The van der Waals surface area contributed by atoms with Crippen molar-refractivity contribution >= 4 is 5.91 Å². The standard InChI is InChI=1S/C27H36N4O2/c32-26-18-24(28-25-11-5-2-6-15-31(25)26)22-12-16-30(17-13-22)27(33)20-29-14-7-10-23(19-29)21-8-3-1-4-9-21/h1,3-4,8-9,18,22-23H,2,5-7,10-17,19-20H2. The van der Waals surface area contributed by atoms with Gasteiger partial charge in [-0.25, -0.2) is 4.98 Å². The largest absolute Gasteiger partial charge is 0.342 e. The molecule has 1 amide bonds. The summed E-state index contributed by atoms with van der Waals surface area (Å²) in [6, 6.07) is 12.5. The van der Waals surface area contributed by atoms with Crippen LogP contribution in [0, 0.1) is 0 Å². The van der Waals surface area contributed by atoms with Crippen LogP contribution in [-0.4, -0.2) is 58.0 Å². The summed E-state index contributed by atoms with van der Waals surface area (Å²) in [6.45, 7) is 4.82. The van der Waals surface area contributed by atoms with Crippen LogP contribution in [-0.2, 0) is 17.8 Å². The van der Waals surface area contributed by atoms with Crippen LogP contribution in [0.4, 0.5) is 0 Å². The molecule has 0 spiro atoms. The molecule has 33 heavy (non-hydrogen) atoms. The lowest BCUT2D eigenvalue weighted by Crippen LogP contribution is -2.46. The van der Waals surface area contributed by atoms with Crippen molar-refractivity contribution in [1.29, 1.82) is 0 Å². The molecule has 0 aliphatic carbocycles. The Hall–Kier alpha value is -2.47. The second-order valence-corrected chi connectivity index (χ2v) is 10.0. The molecule has 0 saturated carbocycles.